The van der Waals surface area contributed by atoms with Crippen molar-refractivity contribution in [3.8, 4) is 5.75 Å². The number of ether oxygens (including phenoxy) is 1. The maximum atomic E-state index is 12.6. The van der Waals surface area contributed by atoms with Crippen LogP contribution in [-0.4, -0.2) is 12.5 Å². The molecule has 0 aliphatic heterocycles. The summed E-state index contributed by atoms with van der Waals surface area (Å²) < 4.78 is 5.84. The Morgan fingerprint density at radius 3 is 2.11 bits per heavy atom. The highest BCUT2D eigenvalue weighted by Crippen LogP contribution is 2.32. The molecule has 3 aromatic rings. The fraction of sp³-hybridized carbons (Fsp3) is 0.292. The number of rotatable bonds is 6. The molecule has 3 rings (SSSR count). The van der Waals surface area contributed by atoms with Gasteiger partial charge < -0.3 is 10.1 Å². The molecule has 1 N–H and O–H groups in total. The normalized spacial score (nSPS) is 11.2. The molecule has 0 heterocycles. The van der Waals surface area contributed by atoms with Crippen molar-refractivity contribution in [1.29, 1.82) is 0 Å². The Morgan fingerprint density at radius 2 is 1.44 bits per heavy atom. The Balaban J connectivity index is 1.78. The highest BCUT2D eigenvalue weighted by atomic mass is 16.5. The van der Waals surface area contributed by atoms with Gasteiger partial charge in [0.25, 0.3) is 5.91 Å². The molecule has 3 nitrogen and oxygen atoms in total. The van der Waals surface area contributed by atoms with Gasteiger partial charge in [0.2, 0.25) is 0 Å². The van der Waals surface area contributed by atoms with Crippen molar-refractivity contribution in [2.75, 3.05) is 11.9 Å². The van der Waals surface area contributed by atoms with E-state index in [0.29, 0.717) is 11.8 Å². The van der Waals surface area contributed by atoms with Gasteiger partial charge in [-0.1, -0.05) is 82.3 Å². The lowest BCUT2D eigenvalue weighted by Crippen LogP contribution is -2.22. The van der Waals surface area contributed by atoms with Crippen molar-refractivity contribution in [2.24, 2.45) is 0 Å². The van der Waals surface area contributed by atoms with Crippen LogP contribution in [0.1, 0.15) is 50.7 Å². The Labute approximate surface area is 161 Å². The Bertz CT molecular complexity index is 913. The van der Waals surface area contributed by atoms with Crippen LogP contribution in [0.5, 0.6) is 5.75 Å². The van der Waals surface area contributed by atoms with E-state index in [1.165, 1.54) is 0 Å². The lowest BCUT2D eigenvalue weighted by atomic mass is 9.92. The number of hydrogen-bond donors (Lipinski definition) is 1. The van der Waals surface area contributed by atoms with Gasteiger partial charge in [0.05, 0.1) is 0 Å². The smallest absolute Gasteiger partial charge is 0.262 e. The Kier molecular flexibility index (Phi) is 5.80. The molecule has 0 radical (unpaired) electrons. The first-order valence-electron chi connectivity index (χ1n) is 9.50. The molecule has 0 spiro atoms. The molecular formula is C24H27NO2. The fourth-order valence-corrected chi connectivity index (χ4v) is 3.34. The van der Waals surface area contributed by atoms with E-state index in [2.05, 4.69) is 51.2 Å². The molecule has 0 bridgehead atoms. The number of carbonyl (C=O) groups is 1. The molecular weight excluding hydrogens is 334 g/mol. The molecule has 0 saturated carbocycles. The summed E-state index contributed by atoms with van der Waals surface area (Å²) in [5.41, 5.74) is 3.23. The molecule has 0 atom stereocenters. The van der Waals surface area contributed by atoms with Crippen molar-refractivity contribution in [2.45, 2.75) is 39.5 Å². The van der Waals surface area contributed by atoms with E-state index >= 15 is 0 Å². The van der Waals surface area contributed by atoms with E-state index in [0.717, 1.165) is 33.3 Å². The number of fused-ring (bicyclic) bond motifs is 1. The molecule has 3 aromatic carbocycles. The topological polar surface area (TPSA) is 38.3 Å². The Hall–Kier alpha value is -2.81. The van der Waals surface area contributed by atoms with E-state index in [1.807, 2.05) is 42.5 Å². The van der Waals surface area contributed by atoms with Gasteiger partial charge in [-0.05, 0) is 34.4 Å². The molecule has 3 heteroatoms. The number of hydrogen-bond acceptors (Lipinski definition) is 2. The third kappa shape index (κ3) is 4.30. The molecule has 1 amide bonds. The standard InChI is InChI=1S/C24H27NO2/c1-16(2)19-12-8-13-20(17(3)4)24(19)25-23(26)15-27-22-14-7-10-18-9-5-6-11-21(18)22/h5-14,16-17H,15H2,1-4H3,(H,25,26). The fourth-order valence-electron chi connectivity index (χ4n) is 3.34. The first-order chi connectivity index (χ1) is 13.0. The van der Waals surface area contributed by atoms with E-state index in [4.69, 9.17) is 4.74 Å². The summed E-state index contributed by atoms with van der Waals surface area (Å²) in [4.78, 5) is 12.6. The van der Waals surface area contributed by atoms with Crippen LogP contribution in [0.4, 0.5) is 5.69 Å². The van der Waals surface area contributed by atoms with Gasteiger partial charge in [-0.2, -0.15) is 0 Å². The van der Waals surface area contributed by atoms with Crippen molar-refractivity contribution < 1.29 is 9.53 Å². The number of anilines is 1. The molecule has 0 saturated heterocycles. The molecule has 27 heavy (non-hydrogen) atoms. The lowest BCUT2D eigenvalue weighted by molar-refractivity contribution is -0.118. The van der Waals surface area contributed by atoms with Crippen molar-refractivity contribution >= 4 is 22.4 Å². The van der Waals surface area contributed by atoms with Gasteiger partial charge in [0.15, 0.2) is 6.61 Å². The average molecular weight is 361 g/mol. The van der Waals surface area contributed by atoms with E-state index in [-0.39, 0.29) is 12.5 Å². The third-order valence-corrected chi connectivity index (χ3v) is 4.75. The first kappa shape index (κ1) is 19.0. The number of benzene rings is 3. The van der Waals surface area contributed by atoms with E-state index in [9.17, 15) is 4.79 Å². The minimum atomic E-state index is -0.141. The number of carbonyl (C=O) groups excluding carboxylic acids is 1. The van der Waals surface area contributed by atoms with Gasteiger partial charge in [-0.25, -0.2) is 0 Å². The second-order valence-corrected chi connectivity index (χ2v) is 7.44. The summed E-state index contributed by atoms with van der Waals surface area (Å²) in [5.74, 6) is 1.25. The maximum Gasteiger partial charge on any atom is 0.262 e. The summed E-state index contributed by atoms with van der Waals surface area (Å²) in [6.45, 7) is 8.55. The molecule has 0 unspecified atom stereocenters. The number of para-hydroxylation sites is 1. The minimum Gasteiger partial charge on any atom is -0.483 e. The quantitative estimate of drug-likeness (QED) is 0.576. The van der Waals surface area contributed by atoms with Crippen LogP contribution in [-0.2, 0) is 4.79 Å². The van der Waals surface area contributed by atoms with E-state index < -0.39 is 0 Å². The molecule has 0 fully saturated rings. The monoisotopic (exact) mass is 361 g/mol. The van der Waals surface area contributed by atoms with Crippen molar-refractivity contribution in [3.63, 3.8) is 0 Å². The molecule has 140 valence electrons. The van der Waals surface area contributed by atoms with Crippen LogP contribution < -0.4 is 10.1 Å². The minimum absolute atomic E-state index is 0.0159. The van der Waals surface area contributed by atoms with E-state index in [1.54, 1.807) is 0 Å². The van der Waals surface area contributed by atoms with Gasteiger partial charge >= 0.3 is 0 Å². The zero-order chi connectivity index (χ0) is 19.4. The summed E-state index contributed by atoms with van der Waals surface area (Å²) in [5, 5.41) is 5.21. The van der Waals surface area contributed by atoms with Gasteiger partial charge in [-0.3, -0.25) is 4.79 Å². The summed E-state index contributed by atoms with van der Waals surface area (Å²) in [6.07, 6.45) is 0. The lowest BCUT2D eigenvalue weighted by Gasteiger charge is -2.20. The van der Waals surface area contributed by atoms with Crippen molar-refractivity contribution in [3.05, 3.63) is 71.8 Å². The molecule has 0 aromatic heterocycles. The predicted molar refractivity (Wildman–Crippen MR) is 113 cm³/mol. The molecule has 0 aliphatic carbocycles. The zero-order valence-corrected chi connectivity index (χ0v) is 16.5. The maximum absolute atomic E-state index is 12.6. The predicted octanol–water partition coefficient (Wildman–Crippen LogP) is 6.10. The molecule has 0 aliphatic rings. The largest absolute Gasteiger partial charge is 0.483 e. The van der Waals surface area contributed by atoms with Crippen LogP contribution in [0.2, 0.25) is 0 Å². The first-order valence-corrected chi connectivity index (χ1v) is 9.50. The highest BCUT2D eigenvalue weighted by molar-refractivity contribution is 5.94. The summed E-state index contributed by atoms with van der Waals surface area (Å²) in [7, 11) is 0. The second-order valence-electron chi connectivity index (χ2n) is 7.44. The van der Waals surface area contributed by atoms with Crippen LogP contribution >= 0.6 is 0 Å². The van der Waals surface area contributed by atoms with Gasteiger partial charge in [0, 0.05) is 11.1 Å². The number of nitrogens with one attached hydrogen (secondary N) is 1. The van der Waals surface area contributed by atoms with Gasteiger partial charge in [0.1, 0.15) is 5.75 Å². The second kappa shape index (κ2) is 8.26. The zero-order valence-electron chi connectivity index (χ0n) is 16.5. The third-order valence-electron chi connectivity index (χ3n) is 4.75. The van der Waals surface area contributed by atoms with Crippen LogP contribution in [0.15, 0.2) is 60.7 Å². The highest BCUT2D eigenvalue weighted by Gasteiger charge is 2.16. The SMILES string of the molecule is CC(C)c1cccc(C(C)C)c1NC(=O)COc1cccc2ccccc12. The van der Waals surface area contributed by atoms with Crippen LogP contribution in [0, 0.1) is 0 Å². The summed E-state index contributed by atoms with van der Waals surface area (Å²) in [6, 6.07) is 20.1. The van der Waals surface area contributed by atoms with Crippen molar-refractivity contribution in [1.82, 2.24) is 0 Å². The average Bonchev–Trinajstić information content (AvgIpc) is 2.66. The Morgan fingerprint density at radius 1 is 0.852 bits per heavy atom. The van der Waals surface area contributed by atoms with Crippen LogP contribution in [0.3, 0.4) is 0 Å². The van der Waals surface area contributed by atoms with Crippen LogP contribution in [0.25, 0.3) is 10.8 Å². The summed E-state index contributed by atoms with van der Waals surface area (Å²) >= 11 is 0. The number of amides is 1. The van der Waals surface area contributed by atoms with Gasteiger partial charge in [-0.15, -0.1) is 0 Å².